The molecule has 0 bridgehead atoms. The van der Waals surface area contributed by atoms with Gasteiger partial charge in [0, 0.05) is 18.0 Å². The highest BCUT2D eigenvalue weighted by atomic mass is 32.2. The molecule has 0 aliphatic heterocycles. The summed E-state index contributed by atoms with van der Waals surface area (Å²) in [6, 6.07) is 8.62. The number of aliphatic hydroxyl groups is 1. The van der Waals surface area contributed by atoms with Crippen molar-refractivity contribution in [1.82, 2.24) is 5.32 Å². The van der Waals surface area contributed by atoms with E-state index in [1.165, 1.54) is 10.5 Å². The molecule has 2 N–H and O–H groups in total. The third-order valence-electron chi connectivity index (χ3n) is 4.48. The predicted octanol–water partition coefficient (Wildman–Crippen LogP) is 3.83. The number of benzene rings is 1. The van der Waals surface area contributed by atoms with E-state index in [4.69, 9.17) is 0 Å². The van der Waals surface area contributed by atoms with Crippen LogP contribution in [0.25, 0.3) is 0 Å². The van der Waals surface area contributed by atoms with Crippen LogP contribution in [0.3, 0.4) is 0 Å². The first kappa shape index (κ1) is 15.9. The minimum atomic E-state index is -0.505. The van der Waals surface area contributed by atoms with E-state index < -0.39 is 5.60 Å². The van der Waals surface area contributed by atoms with Gasteiger partial charge in [-0.15, -0.1) is 11.8 Å². The smallest absolute Gasteiger partial charge is 0.0772 e. The van der Waals surface area contributed by atoms with Crippen LogP contribution in [-0.2, 0) is 6.54 Å². The first-order chi connectivity index (χ1) is 9.42. The summed E-state index contributed by atoms with van der Waals surface area (Å²) in [6.07, 6.45) is 6.16. The molecule has 112 valence electrons. The zero-order valence-corrected chi connectivity index (χ0v) is 13.7. The van der Waals surface area contributed by atoms with Crippen molar-refractivity contribution in [3.05, 3.63) is 29.8 Å². The SMILES string of the molecule is CSc1ccc(CNCC2(O)CCC(C)(C)CC2)cc1. The van der Waals surface area contributed by atoms with Crippen LogP contribution in [0.4, 0.5) is 0 Å². The number of thioether (sulfide) groups is 1. The van der Waals surface area contributed by atoms with Crippen molar-refractivity contribution >= 4 is 11.8 Å². The molecule has 1 aromatic rings. The maximum absolute atomic E-state index is 10.6. The average molecular weight is 293 g/mol. The Morgan fingerprint density at radius 2 is 1.70 bits per heavy atom. The predicted molar refractivity (Wildman–Crippen MR) is 87.1 cm³/mol. The van der Waals surface area contributed by atoms with Crippen LogP contribution in [0.1, 0.15) is 45.1 Å². The van der Waals surface area contributed by atoms with Gasteiger partial charge >= 0.3 is 0 Å². The lowest BCUT2D eigenvalue weighted by Crippen LogP contribution is -2.44. The molecule has 1 aliphatic carbocycles. The van der Waals surface area contributed by atoms with Crippen molar-refractivity contribution in [1.29, 1.82) is 0 Å². The summed E-state index contributed by atoms with van der Waals surface area (Å²) in [5.74, 6) is 0. The van der Waals surface area contributed by atoms with Crippen LogP contribution >= 0.6 is 11.8 Å². The Kier molecular flexibility index (Phi) is 5.16. The molecular weight excluding hydrogens is 266 g/mol. The number of nitrogens with one attached hydrogen (secondary N) is 1. The highest BCUT2D eigenvalue weighted by Crippen LogP contribution is 2.39. The largest absolute Gasteiger partial charge is 0.389 e. The van der Waals surface area contributed by atoms with E-state index in [-0.39, 0.29) is 0 Å². The molecule has 0 heterocycles. The number of hydrogen-bond donors (Lipinski definition) is 2. The molecule has 20 heavy (non-hydrogen) atoms. The molecule has 0 saturated heterocycles. The first-order valence-corrected chi connectivity index (χ1v) is 8.71. The van der Waals surface area contributed by atoms with Gasteiger partial charge in [-0.3, -0.25) is 0 Å². The van der Waals surface area contributed by atoms with Crippen LogP contribution in [0.5, 0.6) is 0 Å². The second-order valence-corrected chi connectivity index (χ2v) is 7.72. The fraction of sp³-hybridized carbons (Fsp3) is 0.647. The molecule has 0 amide bonds. The van der Waals surface area contributed by atoms with Crippen LogP contribution in [-0.4, -0.2) is 23.5 Å². The van der Waals surface area contributed by atoms with Crippen LogP contribution in [0, 0.1) is 5.41 Å². The van der Waals surface area contributed by atoms with E-state index in [2.05, 4.69) is 49.7 Å². The number of hydrogen-bond acceptors (Lipinski definition) is 3. The molecule has 0 radical (unpaired) electrons. The average Bonchev–Trinajstić information content (AvgIpc) is 2.44. The molecule has 0 unspecified atom stereocenters. The topological polar surface area (TPSA) is 32.3 Å². The van der Waals surface area contributed by atoms with Gasteiger partial charge in [-0.2, -0.15) is 0 Å². The van der Waals surface area contributed by atoms with E-state index >= 15 is 0 Å². The fourth-order valence-electron chi connectivity index (χ4n) is 2.75. The Bertz CT molecular complexity index is 417. The van der Waals surface area contributed by atoms with Gasteiger partial charge in [0.1, 0.15) is 0 Å². The fourth-order valence-corrected chi connectivity index (χ4v) is 3.16. The standard InChI is InChI=1S/C17H27NOS/c1-16(2)8-10-17(19,11-9-16)13-18-12-14-4-6-15(20-3)7-5-14/h4-7,18-19H,8-13H2,1-3H3. The second-order valence-electron chi connectivity index (χ2n) is 6.84. The summed E-state index contributed by atoms with van der Waals surface area (Å²) in [5.41, 5.74) is 1.18. The molecule has 1 fully saturated rings. The van der Waals surface area contributed by atoms with E-state index in [0.29, 0.717) is 12.0 Å². The highest BCUT2D eigenvalue weighted by Gasteiger charge is 2.36. The minimum absolute atomic E-state index is 0.403. The molecular formula is C17H27NOS. The van der Waals surface area contributed by atoms with Crippen molar-refractivity contribution in [2.45, 2.75) is 56.6 Å². The van der Waals surface area contributed by atoms with E-state index in [9.17, 15) is 5.11 Å². The van der Waals surface area contributed by atoms with Crippen molar-refractivity contribution < 1.29 is 5.11 Å². The molecule has 1 saturated carbocycles. The maximum atomic E-state index is 10.6. The Balaban J connectivity index is 1.77. The Labute approximate surface area is 127 Å². The van der Waals surface area contributed by atoms with Crippen molar-refractivity contribution in [2.75, 3.05) is 12.8 Å². The zero-order valence-electron chi connectivity index (χ0n) is 12.9. The summed E-state index contributed by atoms with van der Waals surface area (Å²) in [4.78, 5) is 1.29. The van der Waals surface area contributed by atoms with Crippen molar-refractivity contribution in [3.8, 4) is 0 Å². The monoisotopic (exact) mass is 293 g/mol. The quantitative estimate of drug-likeness (QED) is 0.809. The minimum Gasteiger partial charge on any atom is -0.389 e. The maximum Gasteiger partial charge on any atom is 0.0772 e. The zero-order chi connectivity index (χ0) is 14.6. The summed E-state index contributed by atoms with van der Waals surface area (Å²) < 4.78 is 0. The summed E-state index contributed by atoms with van der Waals surface area (Å²) >= 11 is 1.76. The molecule has 0 spiro atoms. The Morgan fingerprint density at radius 1 is 1.10 bits per heavy atom. The van der Waals surface area contributed by atoms with E-state index in [1.807, 2.05) is 0 Å². The van der Waals surface area contributed by atoms with Gasteiger partial charge in [0.05, 0.1) is 5.60 Å². The molecule has 0 aromatic heterocycles. The molecule has 0 atom stereocenters. The summed E-state index contributed by atoms with van der Waals surface area (Å²) in [5, 5.41) is 14.0. The van der Waals surface area contributed by atoms with Gasteiger partial charge in [-0.25, -0.2) is 0 Å². The third-order valence-corrected chi connectivity index (χ3v) is 5.22. The third kappa shape index (κ3) is 4.51. The van der Waals surface area contributed by atoms with Crippen LogP contribution in [0.15, 0.2) is 29.2 Å². The van der Waals surface area contributed by atoms with Gasteiger partial charge in [-0.1, -0.05) is 26.0 Å². The molecule has 3 heteroatoms. The number of rotatable bonds is 5. The van der Waals surface area contributed by atoms with E-state index in [0.717, 1.165) is 32.2 Å². The van der Waals surface area contributed by atoms with Crippen LogP contribution < -0.4 is 5.32 Å². The second kappa shape index (κ2) is 6.50. The molecule has 1 aromatic carbocycles. The normalized spacial score (nSPS) is 20.8. The van der Waals surface area contributed by atoms with Gasteiger partial charge < -0.3 is 10.4 Å². The Hall–Kier alpha value is -0.510. The Morgan fingerprint density at radius 3 is 2.25 bits per heavy atom. The summed E-state index contributed by atoms with van der Waals surface area (Å²) in [7, 11) is 0. The highest BCUT2D eigenvalue weighted by molar-refractivity contribution is 7.98. The lowest BCUT2D eigenvalue weighted by molar-refractivity contribution is -0.0245. The van der Waals surface area contributed by atoms with Crippen LogP contribution in [0.2, 0.25) is 0 Å². The molecule has 1 aliphatic rings. The summed E-state index contributed by atoms with van der Waals surface area (Å²) in [6.45, 7) is 6.13. The van der Waals surface area contributed by atoms with Crippen molar-refractivity contribution in [2.24, 2.45) is 5.41 Å². The lowest BCUT2D eigenvalue weighted by Gasteiger charge is -2.40. The van der Waals surface area contributed by atoms with Gasteiger partial charge in [0.25, 0.3) is 0 Å². The van der Waals surface area contributed by atoms with E-state index in [1.54, 1.807) is 11.8 Å². The molecule has 2 rings (SSSR count). The first-order valence-electron chi connectivity index (χ1n) is 7.49. The van der Waals surface area contributed by atoms with Gasteiger partial charge in [-0.05, 0) is 55.1 Å². The molecule has 2 nitrogen and oxygen atoms in total. The van der Waals surface area contributed by atoms with Gasteiger partial charge in [0.15, 0.2) is 0 Å². The van der Waals surface area contributed by atoms with Gasteiger partial charge in [0.2, 0.25) is 0 Å². The lowest BCUT2D eigenvalue weighted by atomic mass is 9.71. The van der Waals surface area contributed by atoms with Crippen molar-refractivity contribution in [3.63, 3.8) is 0 Å².